The molecule has 0 heterocycles. The molecule has 0 atom stereocenters. The summed E-state index contributed by atoms with van der Waals surface area (Å²) in [5.41, 5.74) is 3.19. The number of carboxylic acids is 1. The number of benzene rings is 3. The SMILES string of the molecule is Cc1cccc(NS(=O)(=O)c2ccc(NC(=O)N(Cc3ccc(C(=O)NCCC(=O)O)cc3)C3CCC(C4CCCCC4)CC3)cc2)c1. The average molecular weight is 675 g/mol. The maximum Gasteiger partial charge on any atom is 0.322 e. The van der Waals surface area contributed by atoms with Crippen LogP contribution in [0, 0.1) is 18.8 Å². The number of aliphatic carboxylic acids is 1. The van der Waals surface area contributed by atoms with Gasteiger partial charge in [-0.3, -0.25) is 14.3 Å². The fraction of sp³-hybridized carbons (Fsp3) is 0.432. The standard InChI is InChI=1S/C37H46N4O6S/c1-26-6-5-9-32(24-26)40-48(46,47)34-20-16-31(17-21-34)39-37(45)41(33-18-14-29(15-19-33)28-7-3-2-4-8-28)25-27-10-12-30(13-11-27)36(44)38-23-22-35(42)43/h5-6,9-13,16-17,20-21,24,28-29,33,40H,2-4,7-8,14-15,18-19,22-23,25H2,1H3,(H,38,44)(H,39,45)(H,42,43). The Hall–Kier alpha value is -4.38. The molecule has 0 aromatic heterocycles. The number of hydrogen-bond donors (Lipinski definition) is 4. The van der Waals surface area contributed by atoms with Crippen LogP contribution in [0.15, 0.2) is 77.7 Å². The molecule has 4 N–H and O–H groups in total. The number of hydrogen-bond acceptors (Lipinski definition) is 5. The lowest BCUT2D eigenvalue weighted by Gasteiger charge is -2.40. The van der Waals surface area contributed by atoms with Crippen LogP contribution < -0.4 is 15.4 Å². The zero-order valence-corrected chi connectivity index (χ0v) is 28.3. The first-order valence-electron chi connectivity index (χ1n) is 16.9. The number of nitrogens with one attached hydrogen (secondary N) is 3. The van der Waals surface area contributed by atoms with Crippen molar-refractivity contribution in [1.29, 1.82) is 0 Å². The normalized spacial score (nSPS) is 18.4. The van der Waals surface area contributed by atoms with Gasteiger partial charge in [-0.05, 0) is 104 Å². The Morgan fingerprint density at radius 3 is 2.12 bits per heavy atom. The van der Waals surface area contributed by atoms with E-state index in [9.17, 15) is 22.8 Å². The van der Waals surface area contributed by atoms with Crippen LogP contribution in [0.4, 0.5) is 16.2 Å². The van der Waals surface area contributed by atoms with E-state index < -0.39 is 16.0 Å². The lowest BCUT2D eigenvalue weighted by Crippen LogP contribution is -2.44. The predicted molar refractivity (Wildman–Crippen MR) is 186 cm³/mol. The number of urea groups is 1. The summed E-state index contributed by atoms with van der Waals surface area (Å²) >= 11 is 0. The monoisotopic (exact) mass is 674 g/mol. The first-order valence-corrected chi connectivity index (χ1v) is 18.4. The maximum atomic E-state index is 13.9. The number of carbonyl (C=O) groups is 3. The first-order chi connectivity index (χ1) is 23.1. The zero-order chi connectivity index (χ0) is 34.1. The van der Waals surface area contributed by atoms with Crippen LogP contribution >= 0.6 is 0 Å². The van der Waals surface area contributed by atoms with Crippen LogP contribution in [-0.4, -0.2) is 48.9 Å². The number of carbonyl (C=O) groups excluding carboxylic acids is 2. The Morgan fingerprint density at radius 2 is 1.48 bits per heavy atom. The summed E-state index contributed by atoms with van der Waals surface area (Å²) in [5, 5.41) is 14.4. The van der Waals surface area contributed by atoms with Gasteiger partial charge in [0.25, 0.3) is 15.9 Å². The summed E-state index contributed by atoms with van der Waals surface area (Å²) in [4.78, 5) is 39.1. The number of nitrogens with zero attached hydrogens (tertiary/aromatic N) is 1. The molecule has 0 spiro atoms. The summed E-state index contributed by atoms with van der Waals surface area (Å²) in [7, 11) is -3.81. The molecular formula is C37H46N4O6S. The van der Waals surface area contributed by atoms with E-state index in [1.165, 1.54) is 44.2 Å². The zero-order valence-electron chi connectivity index (χ0n) is 27.5. The van der Waals surface area contributed by atoms with E-state index in [1.54, 1.807) is 42.5 Å². The van der Waals surface area contributed by atoms with Gasteiger partial charge in [0.2, 0.25) is 0 Å². The van der Waals surface area contributed by atoms with Gasteiger partial charge in [-0.2, -0.15) is 0 Å². The number of anilines is 2. The van der Waals surface area contributed by atoms with Crippen molar-refractivity contribution in [3.8, 4) is 0 Å². The molecule has 11 heteroatoms. The fourth-order valence-corrected chi connectivity index (χ4v) is 8.09. The van der Waals surface area contributed by atoms with Gasteiger partial charge in [-0.15, -0.1) is 0 Å². The minimum absolute atomic E-state index is 0.0435. The highest BCUT2D eigenvalue weighted by atomic mass is 32.2. The summed E-state index contributed by atoms with van der Waals surface area (Å²) in [6, 6.07) is 20.1. The summed E-state index contributed by atoms with van der Waals surface area (Å²) < 4.78 is 28.6. The van der Waals surface area contributed by atoms with Crippen molar-refractivity contribution in [1.82, 2.24) is 10.2 Å². The molecule has 5 rings (SSSR count). The molecule has 0 saturated heterocycles. The fourth-order valence-electron chi connectivity index (χ4n) is 7.04. The molecule has 2 aliphatic carbocycles. The third kappa shape index (κ3) is 9.59. The van der Waals surface area contributed by atoms with E-state index in [0.717, 1.165) is 42.7 Å². The minimum Gasteiger partial charge on any atom is -0.481 e. The Morgan fingerprint density at radius 1 is 0.812 bits per heavy atom. The first kappa shape index (κ1) is 34.9. The van der Waals surface area contributed by atoms with Gasteiger partial charge in [0.05, 0.1) is 11.3 Å². The van der Waals surface area contributed by atoms with Gasteiger partial charge in [0.15, 0.2) is 0 Å². The maximum absolute atomic E-state index is 13.9. The van der Waals surface area contributed by atoms with Crippen LogP contribution in [0.5, 0.6) is 0 Å². The molecule has 3 aromatic carbocycles. The van der Waals surface area contributed by atoms with Gasteiger partial charge in [-0.1, -0.05) is 56.4 Å². The molecule has 48 heavy (non-hydrogen) atoms. The second-order valence-corrected chi connectivity index (χ2v) is 14.8. The third-order valence-corrected chi connectivity index (χ3v) is 11.0. The lowest BCUT2D eigenvalue weighted by atomic mass is 9.72. The van der Waals surface area contributed by atoms with Gasteiger partial charge >= 0.3 is 12.0 Å². The van der Waals surface area contributed by atoms with Crippen molar-refractivity contribution in [3.05, 3.63) is 89.5 Å². The molecule has 0 unspecified atom stereocenters. The topological polar surface area (TPSA) is 145 Å². The Bertz CT molecular complexity index is 1660. The van der Waals surface area contributed by atoms with Gasteiger partial charge < -0.3 is 20.6 Å². The van der Waals surface area contributed by atoms with Crippen molar-refractivity contribution in [2.75, 3.05) is 16.6 Å². The van der Waals surface area contributed by atoms with Crippen molar-refractivity contribution >= 4 is 39.3 Å². The molecule has 2 saturated carbocycles. The van der Waals surface area contributed by atoms with Gasteiger partial charge in [-0.25, -0.2) is 13.2 Å². The van der Waals surface area contributed by atoms with Crippen LogP contribution in [0.1, 0.15) is 85.7 Å². The predicted octanol–water partition coefficient (Wildman–Crippen LogP) is 7.17. The number of amides is 3. The molecule has 3 aromatic rings. The molecule has 10 nitrogen and oxygen atoms in total. The minimum atomic E-state index is -3.81. The molecule has 2 aliphatic rings. The second-order valence-electron chi connectivity index (χ2n) is 13.1. The van der Waals surface area contributed by atoms with Gasteiger partial charge in [0, 0.05) is 36.1 Å². The van der Waals surface area contributed by atoms with E-state index in [1.807, 2.05) is 30.0 Å². The molecule has 0 aliphatic heterocycles. The van der Waals surface area contributed by atoms with Crippen molar-refractivity contribution < 1.29 is 27.9 Å². The molecule has 3 amide bonds. The highest BCUT2D eigenvalue weighted by molar-refractivity contribution is 7.92. The van der Waals surface area contributed by atoms with Gasteiger partial charge in [0.1, 0.15) is 0 Å². The van der Waals surface area contributed by atoms with Crippen LogP contribution in [-0.2, 0) is 21.4 Å². The van der Waals surface area contributed by atoms with Crippen molar-refractivity contribution in [2.45, 2.75) is 88.6 Å². The van der Waals surface area contributed by atoms with E-state index in [4.69, 9.17) is 5.11 Å². The smallest absolute Gasteiger partial charge is 0.322 e. The summed E-state index contributed by atoms with van der Waals surface area (Å²) in [5.74, 6) is 0.158. The van der Waals surface area contributed by atoms with Crippen LogP contribution in [0.2, 0.25) is 0 Å². The van der Waals surface area contributed by atoms with E-state index >= 15 is 0 Å². The highest BCUT2D eigenvalue weighted by Gasteiger charge is 2.33. The molecule has 2 fully saturated rings. The summed E-state index contributed by atoms with van der Waals surface area (Å²) in [6.07, 6.45) is 10.4. The molecule has 0 bridgehead atoms. The Balaban J connectivity index is 1.27. The number of sulfonamides is 1. The highest BCUT2D eigenvalue weighted by Crippen LogP contribution is 2.39. The average Bonchev–Trinajstić information content (AvgIpc) is 3.08. The van der Waals surface area contributed by atoms with Crippen LogP contribution in [0.25, 0.3) is 0 Å². The number of carboxylic acid groups (broad SMARTS) is 1. The Labute approximate surface area is 283 Å². The largest absolute Gasteiger partial charge is 0.481 e. The summed E-state index contributed by atoms with van der Waals surface area (Å²) in [6.45, 7) is 2.28. The number of aryl methyl sites for hydroxylation is 1. The quantitative estimate of drug-likeness (QED) is 0.160. The van der Waals surface area contributed by atoms with E-state index in [2.05, 4.69) is 15.4 Å². The van der Waals surface area contributed by atoms with E-state index in [0.29, 0.717) is 29.4 Å². The molecule has 256 valence electrons. The van der Waals surface area contributed by atoms with Crippen molar-refractivity contribution in [3.63, 3.8) is 0 Å². The van der Waals surface area contributed by atoms with Crippen molar-refractivity contribution in [2.24, 2.45) is 11.8 Å². The third-order valence-electron chi connectivity index (χ3n) is 9.64. The Kier molecular flexibility index (Phi) is 11.8. The lowest BCUT2D eigenvalue weighted by molar-refractivity contribution is -0.136. The second kappa shape index (κ2) is 16.1. The van der Waals surface area contributed by atoms with Crippen LogP contribution in [0.3, 0.4) is 0 Å². The van der Waals surface area contributed by atoms with E-state index in [-0.39, 0.29) is 35.8 Å². The number of rotatable bonds is 12. The molecule has 0 radical (unpaired) electrons. The molecular weight excluding hydrogens is 628 g/mol.